The van der Waals surface area contributed by atoms with Crippen LogP contribution in [0.4, 0.5) is 23.7 Å². The molecule has 1 atom stereocenters. The molecule has 4 aromatic rings. The number of pyridine rings is 1. The van der Waals surface area contributed by atoms with Gasteiger partial charge in [0, 0.05) is 30.1 Å². The normalized spacial score (nSPS) is 19.2. The van der Waals surface area contributed by atoms with Gasteiger partial charge in [0.25, 0.3) is 5.91 Å². The predicted octanol–water partition coefficient (Wildman–Crippen LogP) is 7.14. The van der Waals surface area contributed by atoms with E-state index in [9.17, 15) is 27.9 Å². The predicted molar refractivity (Wildman–Crippen MR) is 187 cm³/mol. The number of anilines is 1. The molecule has 0 saturated heterocycles. The van der Waals surface area contributed by atoms with Gasteiger partial charge in [-0.15, -0.1) is 0 Å². The Kier molecular flexibility index (Phi) is 11.3. The number of fused-ring (bicyclic) bond motifs is 1. The van der Waals surface area contributed by atoms with Crippen molar-refractivity contribution < 1.29 is 42.1 Å². The number of carbonyl (C=O) groups is 2. The van der Waals surface area contributed by atoms with Crippen LogP contribution in [0.15, 0.2) is 91.0 Å². The first-order valence-electron chi connectivity index (χ1n) is 17.2. The maximum atomic E-state index is 14.0. The van der Waals surface area contributed by atoms with Gasteiger partial charge < -0.3 is 30.4 Å². The average Bonchev–Trinajstić information content (AvgIpc) is 3.48. The lowest BCUT2D eigenvalue weighted by Crippen LogP contribution is -2.45. The van der Waals surface area contributed by atoms with Crippen LogP contribution in [-0.4, -0.2) is 46.5 Å². The smallest absolute Gasteiger partial charge is 0.404 e. The van der Waals surface area contributed by atoms with Gasteiger partial charge in [0.1, 0.15) is 25.5 Å². The number of nitrogens with zero attached hydrogens (tertiary/aromatic N) is 2. The summed E-state index contributed by atoms with van der Waals surface area (Å²) in [5.41, 5.74) is 7.65. The summed E-state index contributed by atoms with van der Waals surface area (Å²) >= 11 is 0. The number of halogens is 3. The fourth-order valence-corrected chi connectivity index (χ4v) is 6.74. The molecule has 4 N–H and O–H groups in total. The van der Waals surface area contributed by atoms with Crippen LogP contribution in [0.25, 0.3) is 0 Å². The van der Waals surface area contributed by atoms with Crippen molar-refractivity contribution in [2.24, 2.45) is 5.73 Å². The van der Waals surface area contributed by atoms with Crippen LogP contribution in [0, 0.1) is 0 Å². The van der Waals surface area contributed by atoms with Gasteiger partial charge in [0.2, 0.25) is 11.8 Å². The van der Waals surface area contributed by atoms with E-state index in [0.29, 0.717) is 41.1 Å². The number of hydrogen-bond acceptors (Lipinski definition) is 8. The van der Waals surface area contributed by atoms with E-state index in [1.807, 2.05) is 60.7 Å². The van der Waals surface area contributed by atoms with Crippen molar-refractivity contribution in [3.05, 3.63) is 119 Å². The van der Waals surface area contributed by atoms with Gasteiger partial charge in [-0.3, -0.25) is 9.69 Å². The molecule has 274 valence electrons. The Morgan fingerprint density at radius 3 is 2.23 bits per heavy atom. The maximum absolute atomic E-state index is 14.0. The standard InChI is InChI=1S/C39H41F3N4O6/c40-39(41,42)21-18-32(44-28-16-19-38(49,20-17-28)25-52-37(43)48)29-12-7-13-30-31(29)22-46(36(30)47)33-14-15-34(50-23-26-8-3-1-4-9-26)45-35(33)51-24-27-10-5-2-6-11-27/h1-15,28,32,44,49H,16-25H2,(H2,43,48). The Bertz CT molecular complexity index is 1840. The van der Waals surface area contributed by atoms with Crippen molar-refractivity contribution in [3.8, 4) is 11.8 Å². The van der Waals surface area contributed by atoms with Gasteiger partial charge in [0.15, 0.2) is 0 Å². The molecule has 3 aromatic carbocycles. The maximum Gasteiger partial charge on any atom is 0.404 e. The first-order chi connectivity index (χ1) is 25.0. The lowest BCUT2D eigenvalue weighted by atomic mass is 9.82. The summed E-state index contributed by atoms with van der Waals surface area (Å²) in [5, 5.41) is 14.2. The zero-order valence-electron chi connectivity index (χ0n) is 28.5. The Morgan fingerprint density at radius 1 is 0.942 bits per heavy atom. The van der Waals surface area contributed by atoms with Crippen LogP contribution in [0.1, 0.15) is 77.2 Å². The fraction of sp³-hybridized carbons (Fsp3) is 0.359. The van der Waals surface area contributed by atoms with Gasteiger partial charge in [-0.05, 0) is 66.5 Å². The molecule has 1 aliphatic heterocycles. The van der Waals surface area contributed by atoms with E-state index in [2.05, 4.69) is 10.3 Å². The molecule has 10 nitrogen and oxygen atoms in total. The molecule has 0 spiro atoms. The second-order valence-corrected chi connectivity index (χ2v) is 13.3. The van der Waals surface area contributed by atoms with Crippen molar-refractivity contribution >= 4 is 17.7 Å². The Balaban J connectivity index is 1.25. The van der Waals surface area contributed by atoms with E-state index < -0.39 is 30.3 Å². The largest absolute Gasteiger partial charge is 0.473 e. The van der Waals surface area contributed by atoms with Gasteiger partial charge in [-0.25, -0.2) is 4.79 Å². The number of primary amides is 1. The molecule has 2 heterocycles. The van der Waals surface area contributed by atoms with E-state index in [-0.39, 0.29) is 63.5 Å². The molecule has 0 radical (unpaired) electrons. The molecule has 2 aliphatic rings. The molecular formula is C39H41F3N4O6. The number of nitrogens with two attached hydrogens (primary N) is 1. The lowest BCUT2D eigenvalue weighted by Gasteiger charge is -2.37. The SMILES string of the molecule is NC(=O)OCC1(O)CCC(NC(CCC(F)(F)F)c2cccc3c2CN(c2ccc(OCc4ccccc4)nc2OCc2ccccc2)C3=O)CC1. The third-order valence-corrected chi connectivity index (χ3v) is 9.49. The number of nitrogens with one attached hydrogen (secondary N) is 1. The Morgan fingerprint density at radius 2 is 1.60 bits per heavy atom. The van der Waals surface area contributed by atoms with Gasteiger partial charge in [-0.2, -0.15) is 18.2 Å². The molecule has 1 aromatic heterocycles. The van der Waals surface area contributed by atoms with Crippen LogP contribution in [0.3, 0.4) is 0 Å². The van der Waals surface area contributed by atoms with Gasteiger partial charge >= 0.3 is 12.3 Å². The molecule has 52 heavy (non-hydrogen) atoms. The van der Waals surface area contributed by atoms with Crippen LogP contribution in [0.5, 0.6) is 11.8 Å². The third kappa shape index (κ3) is 9.39. The van der Waals surface area contributed by atoms with Crippen LogP contribution in [-0.2, 0) is 24.5 Å². The highest BCUT2D eigenvalue weighted by Crippen LogP contribution is 2.40. The van der Waals surface area contributed by atoms with Crippen LogP contribution >= 0.6 is 0 Å². The number of aliphatic hydroxyl groups is 1. The second-order valence-electron chi connectivity index (χ2n) is 13.3. The van der Waals surface area contributed by atoms with E-state index in [1.165, 1.54) is 4.90 Å². The van der Waals surface area contributed by atoms with Crippen LogP contribution in [0.2, 0.25) is 0 Å². The van der Waals surface area contributed by atoms with E-state index in [4.69, 9.17) is 19.9 Å². The fourth-order valence-electron chi connectivity index (χ4n) is 6.74. The number of carbonyl (C=O) groups excluding carboxylic acids is 2. The van der Waals surface area contributed by atoms with Gasteiger partial charge in [-0.1, -0.05) is 72.8 Å². The minimum atomic E-state index is -4.39. The highest BCUT2D eigenvalue weighted by Gasteiger charge is 2.38. The van der Waals surface area contributed by atoms with Gasteiger partial charge in [0.05, 0.1) is 12.1 Å². The molecule has 1 aliphatic carbocycles. The molecule has 2 amide bonds. The number of aromatic nitrogens is 1. The quantitative estimate of drug-likeness (QED) is 0.125. The Labute approximate surface area is 299 Å². The van der Waals surface area contributed by atoms with Crippen molar-refractivity contribution in [2.45, 2.75) is 82.1 Å². The van der Waals surface area contributed by atoms with Crippen LogP contribution < -0.4 is 25.4 Å². The minimum absolute atomic E-state index is 0.0943. The molecule has 0 bridgehead atoms. The second kappa shape index (κ2) is 16.0. The number of ether oxygens (including phenoxy) is 3. The van der Waals surface area contributed by atoms with Crippen molar-refractivity contribution in [1.82, 2.24) is 10.3 Å². The number of hydrogen-bond donors (Lipinski definition) is 3. The molecular weight excluding hydrogens is 677 g/mol. The molecule has 1 fully saturated rings. The minimum Gasteiger partial charge on any atom is -0.473 e. The first kappa shape index (κ1) is 36.6. The van der Waals surface area contributed by atoms with E-state index >= 15 is 0 Å². The number of amides is 2. The lowest BCUT2D eigenvalue weighted by molar-refractivity contribution is -0.137. The summed E-state index contributed by atoms with van der Waals surface area (Å²) in [7, 11) is 0. The molecule has 1 saturated carbocycles. The summed E-state index contributed by atoms with van der Waals surface area (Å²) in [4.78, 5) is 31.3. The zero-order chi connectivity index (χ0) is 36.7. The average molecular weight is 719 g/mol. The summed E-state index contributed by atoms with van der Waals surface area (Å²) in [6.07, 6.45) is -5.23. The van der Waals surface area contributed by atoms with Crippen molar-refractivity contribution in [3.63, 3.8) is 0 Å². The monoisotopic (exact) mass is 718 g/mol. The highest BCUT2D eigenvalue weighted by molar-refractivity contribution is 6.10. The van der Waals surface area contributed by atoms with Crippen molar-refractivity contribution in [2.75, 3.05) is 11.5 Å². The van der Waals surface area contributed by atoms with E-state index in [1.54, 1.807) is 30.3 Å². The first-order valence-corrected chi connectivity index (χ1v) is 17.2. The number of rotatable bonds is 14. The molecule has 13 heteroatoms. The van der Waals surface area contributed by atoms with Crippen molar-refractivity contribution in [1.29, 1.82) is 0 Å². The molecule has 1 unspecified atom stereocenters. The zero-order valence-corrected chi connectivity index (χ0v) is 28.5. The molecule has 6 rings (SSSR count). The third-order valence-electron chi connectivity index (χ3n) is 9.49. The summed E-state index contributed by atoms with van der Waals surface area (Å²) < 4.78 is 57.8. The summed E-state index contributed by atoms with van der Waals surface area (Å²) in [6.45, 7) is 0.300. The topological polar surface area (TPSA) is 136 Å². The number of alkyl halides is 3. The van der Waals surface area contributed by atoms with E-state index in [0.717, 1.165) is 11.1 Å². The highest BCUT2D eigenvalue weighted by atomic mass is 19.4. The Hall–Kier alpha value is -5.14. The summed E-state index contributed by atoms with van der Waals surface area (Å²) in [5.74, 6) is 0.157. The number of benzene rings is 3. The summed E-state index contributed by atoms with van der Waals surface area (Å²) in [6, 6.07) is 26.7.